The smallest absolute Gasteiger partial charge is 0.274 e. The number of nitrogens with zero attached hydrogens (tertiary/aromatic N) is 6. The summed E-state index contributed by atoms with van der Waals surface area (Å²) in [5.41, 5.74) is 4.82. The largest absolute Gasteiger partial charge is 0.356 e. The second kappa shape index (κ2) is 8.12. The summed E-state index contributed by atoms with van der Waals surface area (Å²) >= 11 is 0. The lowest BCUT2D eigenvalue weighted by molar-refractivity contribution is 0.0594. The van der Waals surface area contributed by atoms with E-state index in [9.17, 15) is 4.79 Å². The molecular weight excluding hydrogens is 412 g/mol. The first kappa shape index (κ1) is 20.6. The van der Waals surface area contributed by atoms with Gasteiger partial charge in [-0.1, -0.05) is 0 Å². The Hall–Kier alpha value is -2.96. The van der Waals surface area contributed by atoms with Crippen LogP contribution in [0.4, 0.5) is 5.82 Å². The van der Waals surface area contributed by atoms with E-state index in [0.717, 1.165) is 79.8 Å². The number of piperidine rings is 1. The zero-order chi connectivity index (χ0) is 22.5. The number of carbonyl (C=O) groups is 1. The van der Waals surface area contributed by atoms with Gasteiger partial charge in [-0.2, -0.15) is 0 Å². The topological polar surface area (TPSA) is 66.6 Å². The molecule has 0 bridgehead atoms. The highest BCUT2D eigenvalue weighted by Crippen LogP contribution is 2.37. The highest BCUT2D eigenvalue weighted by Gasteiger charge is 2.34. The quantitative estimate of drug-likeness (QED) is 0.601. The Balaban J connectivity index is 1.34. The van der Waals surface area contributed by atoms with Crippen LogP contribution in [0.15, 0.2) is 24.5 Å². The fourth-order valence-corrected chi connectivity index (χ4v) is 5.42. The predicted octanol–water partition coefficient (Wildman–Crippen LogP) is 4.27. The van der Waals surface area contributed by atoms with Gasteiger partial charge in [0.25, 0.3) is 5.91 Å². The second-order valence-corrected chi connectivity index (χ2v) is 10.1. The molecular formula is C26H32N6O. The molecule has 172 valence electrons. The molecule has 1 saturated carbocycles. The Bertz CT molecular complexity index is 1210. The summed E-state index contributed by atoms with van der Waals surface area (Å²) in [6.07, 6.45) is 11.7. The molecule has 0 radical (unpaired) electrons. The Morgan fingerprint density at radius 2 is 1.94 bits per heavy atom. The highest BCUT2D eigenvalue weighted by atomic mass is 16.2. The first-order valence-corrected chi connectivity index (χ1v) is 12.5. The first-order valence-electron chi connectivity index (χ1n) is 12.5. The lowest BCUT2D eigenvalue weighted by Crippen LogP contribution is -2.40. The van der Waals surface area contributed by atoms with Crippen molar-refractivity contribution < 1.29 is 4.79 Å². The third kappa shape index (κ3) is 3.87. The SMILES string of the molecule is Cc1ccn2cc(C(=O)N3CCCC[C@@H]3c3nc(C)c4c(n3)N(CC3CC3)CCC4)nc2c1. The summed E-state index contributed by atoms with van der Waals surface area (Å²) in [6, 6.07) is 3.95. The van der Waals surface area contributed by atoms with Crippen LogP contribution in [0.5, 0.6) is 0 Å². The van der Waals surface area contributed by atoms with Crippen molar-refractivity contribution in [2.45, 2.75) is 64.8 Å². The summed E-state index contributed by atoms with van der Waals surface area (Å²) in [5.74, 6) is 2.73. The second-order valence-electron chi connectivity index (χ2n) is 10.1. The van der Waals surface area contributed by atoms with Crippen LogP contribution in [0.3, 0.4) is 0 Å². The van der Waals surface area contributed by atoms with Crippen molar-refractivity contribution in [1.82, 2.24) is 24.3 Å². The van der Waals surface area contributed by atoms with Gasteiger partial charge in [0.2, 0.25) is 0 Å². The van der Waals surface area contributed by atoms with Crippen LogP contribution in [-0.4, -0.2) is 49.8 Å². The molecule has 1 saturated heterocycles. The number of anilines is 1. The molecule has 0 N–H and O–H groups in total. The van der Waals surface area contributed by atoms with Crippen LogP contribution in [-0.2, 0) is 6.42 Å². The monoisotopic (exact) mass is 444 g/mol. The van der Waals surface area contributed by atoms with Crippen LogP contribution in [0.2, 0.25) is 0 Å². The molecule has 3 aromatic rings. The third-order valence-corrected chi connectivity index (χ3v) is 7.44. The number of fused-ring (bicyclic) bond motifs is 2. The van der Waals surface area contributed by atoms with Gasteiger partial charge in [-0.05, 0) is 82.4 Å². The summed E-state index contributed by atoms with van der Waals surface area (Å²) in [7, 11) is 0. The number of aromatic nitrogens is 4. The first-order chi connectivity index (χ1) is 16.1. The van der Waals surface area contributed by atoms with E-state index in [2.05, 4.69) is 16.8 Å². The van der Waals surface area contributed by atoms with E-state index in [4.69, 9.17) is 9.97 Å². The normalized spacial score (nSPS) is 20.8. The van der Waals surface area contributed by atoms with Gasteiger partial charge in [-0.3, -0.25) is 4.79 Å². The zero-order valence-electron chi connectivity index (χ0n) is 19.6. The number of carbonyl (C=O) groups excluding carboxylic acids is 1. The van der Waals surface area contributed by atoms with Crippen molar-refractivity contribution in [3.05, 3.63) is 52.9 Å². The van der Waals surface area contributed by atoms with E-state index in [-0.39, 0.29) is 11.9 Å². The van der Waals surface area contributed by atoms with Gasteiger partial charge in [0.05, 0.1) is 6.04 Å². The maximum Gasteiger partial charge on any atom is 0.274 e. The van der Waals surface area contributed by atoms with E-state index < -0.39 is 0 Å². The molecule has 0 unspecified atom stereocenters. The molecule has 2 fully saturated rings. The van der Waals surface area contributed by atoms with E-state index >= 15 is 0 Å². The lowest BCUT2D eigenvalue weighted by atomic mass is 9.99. The van der Waals surface area contributed by atoms with Crippen molar-refractivity contribution in [3.8, 4) is 0 Å². The van der Waals surface area contributed by atoms with Crippen LogP contribution >= 0.6 is 0 Å². The molecule has 2 aliphatic heterocycles. The van der Waals surface area contributed by atoms with Crippen molar-refractivity contribution in [1.29, 1.82) is 0 Å². The molecule has 1 amide bonds. The summed E-state index contributed by atoms with van der Waals surface area (Å²) in [4.78, 5) is 32.8. The molecule has 1 aliphatic carbocycles. The van der Waals surface area contributed by atoms with E-state index in [0.29, 0.717) is 5.69 Å². The minimum Gasteiger partial charge on any atom is -0.356 e. The molecule has 0 aromatic carbocycles. The Morgan fingerprint density at radius 1 is 1.06 bits per heavy atom. The molecule has 6 rings (SSSR count). The summed E-state index contributed by atoms with van der Waals surface area (Å²) in [6.45, 7) is 7.06. The molecule has 7 heteroatoms. The maximum absolute atomic E-state index is 13.6. The number of likely N-dealkylation sites (tertiary alicyclic amines) is 1. The molecule has 3 aliphatic rings. The molecule has 1 atom stereocenters. The maximum atomic E-state index is 13.6. The van der Waals surface area contributed by atoms with Crippen LogP contribution in [0, 0.1) is 19.8 Å². The van der Waals surface area contributed by atoms with E-state index in [1.165, 1.54) is 24.8 Å². The summed E-state index contributed by atoms with van der Waals surface area (Å²) < 4.78 is 1.93. The van der Waals surface area contributed by atoms with Gasteiger partial charge in [0.1, 0.15) is 17.2 Å². The minimum absolute atomic E-state index is 0.0186. The highest BCUT2D eigenvalue weighted by molar-refractivity contribution is 5.93. The number of pyridine rings is 1. The number of hydrogen-bond donors (Lipinski definition) is 0. The van der Waals surface area contributed by atoms with Crippen LogP contribution < -0.4 is 4.90 Å². The van der Waals surface area contributed by atoms with Gasteiger partial charge < -0.3 is 14.2 Å². The lowest BCUT2D eigenvalue weighted by Gasteiger charge is -2.36. The number of rotatable bonds is 4. The standard InChI is InChI=1S/C26H32N6O/c1-17-10-13-30-16-21(28-23(30)14-17)26(33)32-12-4-3-7-22(32)24-27-18(2)20-6-5-11-31(25(20)29-24)15-19-8-9-19/h10,13-14,16,19,22H,3-9,11-12,15H2,1-2H3/t22-/m1/s1. The fourth-order valence-electron chi connectivity index (χ4n) is 5.42. The van der Waals surface area contributed by atoms with Gasteiger partial charge in [0.15, 0.2) is 5.82 Å². The molecule has 7 nitrogen and oxygen atoms in total. The zero-order valence-corrected chi connectivity index (χ0v) is 19.6. The van der Waals surface area contributed by atoms with Gasteiger partial charge >= 0.3 is 0 Å². The Kier molecular flexibility index (Phi) is 5.07. The molecule has 0 spiro atoms. The molecule has 5 heterocycles. The average Bonchev–Trinajstić information content (AvgIpc) is 3.54. The third-order valence-electron chi connectivity index (χ3n) is 7.44. The van der Waals surface area contributed by atoms with E-state index in [1.54, 1.807) is 0 Å². The van der Waals surface area contributed by atoms with E-state index in [1.807, 2.05) is 40.8 Å². The number of imidazole rings is 1. The van der Waals surface area contributed by atoms with Gasteiger partial charge in [0, 0.05) is 43.3 Å². The van der Waals surface area contributed by atoms with Crippen molar-refractivity contribution in [3.63, 3.8) is 0 Å². The average molecular weight is 445 g/mol. The minimum atomic E-state index is -0.0912. The van der Waals surface area contributed by atoms with Crippen LogP contribution in [0.25, 0.3) is 5.65 Å². The summed E-state index contributed by atoms with van der Waals surface area (Å²) in [5, 5.41) is 0. The number of aryl methyl sites for hydroxylation is 2. The van der Waals surface area contributed by atoms with Crippen molar-refractivity contribution in [2.24, 2.45) is 5.92 Å². The molecule has 3 aromatic heterocycles. The van der Waals surface area contributed by atoms with Crippen molar-refractivity contribution >= 4 is 17.4 Å². The predicted molar refractivity (Wildman–Crippen MR) is 128 cm³/mol. The number of amides is 1. The fraction of sp³-hybridized carbons (Fsp3) is 0.538. The molecule has 33 heavy (non-hydrogen) atoms. The Morgan fingerprint density at radius 3 is 2.79 bits per heavy atom. The van der Waals surface area contributed by atoms with Gasteiger partial charge in [-0.25, -0.2) is 15.0 Å². The Labute approximate surface area is 194 Å². The van der Waals surface area contributed by atoms with Crippen LogP contribution in [0.1, 0.15) is 77.7 Å². The van der Waals surface area contributed by atoms with Crippen molar-refractivity contribution in [2.75, 3.05) is 24.5 Å². The van der Waals surface area contributed by atoms with Gasteiger partial charge in [-0.15, -0.1) is 0 Å². The number of hydrogen-bond acceptors (Lipinski definition) is 5.